The zero-order valence-electron chi connectivity index (χ0n) is 13.4. The lowest BCUT2D eigenvalue weighted by Crippen LogP contribution is -2.47. The Bertz CT molecular complexity index is 793. The molecule has 0 radical (unpaired) electrons. The van der Waals surface area contributed by atoms with Gasteiger partial charge in [0.25, 0.3) is 11.5 Å². The Balaban J connectivity index is 2.06. The minimum Gasteiger partial charge on any atom is -0.335 e. The molecule has 2 atom stereocenters. The molecule has 6 heteroatoms. The van der Waals surface area contributed by atoms with Gasteiger partial charge in [0, 0.05) is 29.4 Å². The quantitative estimate of drug-likeness (QED) is 0.812. The van der Waals surface area contributed by atoms with Crippen LogP contribution in [0.5, 0.6) is 0 Å². The molecule has 3 heterocycles. The first-order valence-corrected chi connectivity index (χ1v) is 8.52. The van der Waals surface area contributed by atoms with Crippen molar-refractivity contribution in [2.45, 2.75) is 46.6 Å². The lowest BCUT2D eigenvalue weighted by molar-refractivity contribution is 0.0548. The van der Waals surface area contributed by atoms with Crippen LogP contribution < -0.4 is 5.56 Å². The predicted molar refractivity (Wildman–Crippen MR) is 87.7 cm³/mol. The van der Waals surface area contributed by atoms with E-state index in [2.05, 4.69) is 18.8 Å². The minimum absolute atomic E-state index is 0.159. The summed E-state index contributed by atoms with van der Waals surface area (Å²) in [5.41, 5.74) is 0.800. The Morgan fingerprint density at radius 3 is 2.82 bits per heavy atom. The Labute approximate surface area is 133 Å². The van der Waals surface area contributed by atoms with Gasteiger partial charge in [-0.15, -0.1) is 11.3 Å². The van der Waals surface area contributed by atoms with Crippen molar-refractivity contribution in [1.29, 1.82) is 0 Å². The number of fused-ring (bicyclic) bond motifs is 1. The van der Waals surface area contributed by atoms with Crippen LogP contribution >= 0.6 is 11.3 Å². The van der Waals surface area contributed by atoms with E-state index in [4.69, 9.17) is 0 Å². The highest BCUT2D eigenvalue weighted by atomic mass is 32.1. The average molecular weight is 319 g/mol. The minimum atomic E-state index is -0.248. The molecule has 3 rings (SSSR count). The number of aromatic nitrogens is 2. The SMILES string of the molecule is Cc1sc2ncc(C(=O)N3CCC[C@@H](C)[C@H]3C)c(=O)n2c1C. The van der Waals surface area contributed by atoms with E-state index in [1.165, 1.54) is 17.5 Å². The lowest BCUT2D eigenvalue weighted by Gasteiger charge is -2.37. The Hall–Kier alpha value is -1.69. The van der Waals surface area contributed by atoms with Gasteiger partial charge in [-0.2, -0.15) is 0 Å². The van der Waals surface area contributed by atoms with Gasteiger partial charge in [-0.3, -0.25) is 14.0 Å². The number of likely N-dealkylation sites (tertiary alicyclic amines) is 1. The van der Waals surface area contributed by atoms with Gasteiger partial charge in [-0.1, -0.05) is 6.92 Å². The molecule has 2 aromatic rings. The molecule has 0 bridgehead atoms. The maximum absolute atomic E-state index is 12.8. The van der Waals surface area contributed by atoms with Crippen LogP contribution in [0.4, 0.5) is 0 Å². The van der Waals surface area contributed by atoms with Crippen LogP contribution in [-0.2, 0) is 0 Å². The molecular weight excluding hydrogens is 298 g/mol. The van der Waals surface area contributed by atoms with Gasteiger partial charge in [-0.25, -0.2) is 4.98 Å². The van der Waals surface area contributed by atoms with Crippen molar-refractivity contribution < 1.29 is 4.79 Å². The van der Waals surface area contributed by atoms with E-state index in [0.717, 1.165) is 23.4 Å². The van der Waals surface area contributed by atoms with Crippen LogP contribution in [-0.4, -0.2) is 32.8 Å². The number of carbonyl (C=O) groups excluding carboxylic acids is 1. The monoisotopic (exact) mass is 319 g/mol. The average Bonchev–Trinajstić information content (AvgIpc) is 2.77. The first kappa shape index (κ1) is 15.2. The number of aryl methyl sites for hydroxylation is 2. The van der Waals surface area contributed by atoms with Crippen molar-refractivity contribution in [2.75, 3.05) is 6.54 Å². The first-order chi connectivity index (χ1) is 10.4. The highest BCUT2D eigenvalue weighted by molar-refractivity contribution is 7.17. The second kappa shape index (κ2) is 5.50. The number of nitrogens with zero attached hydrogens (tertiary/aromatic N) is 3. The molecule has 0 spiro atoms. The van der Waals surface area contributed by atoms with Gasteiger partial charge < -0.3 is 4.90 Å². The first-order valence-electron chi connectivity index (χ1n) is 7.70. The number of piperidine rings is 1. The van der Waals surface area contributed by atoms with Crippen LogP contribution in [0.15, 0.2) is 11.0 Å². The topological polar surface area (TPSA) is 54.7 Å². The van der Waals surface area contributed by atoms with Gasteiger partial charge in [0.1, 0.15) is 5.56 Å². The number of carbonyl (C=O) groups is 1. The molecule has 1 saturated heterocycles. The Morgan fingerprint density at radius 1 is 1.36 bits per heavy atom. The van der Waals surface area contributed by atoms with Crippen molar-refractivity contribution >= 4 is 22.2 Å². The maximum Gasteiger partial charge on any atom is 0.271 e. The van der Waals surface area contributed by atoms with Gasteiger partial charge in [0.15, 0.2) is 4.96 Å². The third-order valence-corrected chi connectivity index (χ3v) is 5.96. The molecule has 118 valence electrons. The second-order valence-corrected chi connectivity index (χ2v) is 7.38. The molecule has 1 amide bonds. The number of hydrogen-bond acceptors (Lipinski definition) is 4. The van der Waals surface area contributed by atoms with E-state index in [0.29, 0.717) is 17.4 Å². The van der Waals surface area contributed by atoms with Crippen molar-refractivity contribution in [2.24, 2.45) is 5.92 Å². The molecule has 1 fully saturated rings. The summed E-state index contributed by atoms with van der Waals surface area (Å²) < 4.78 is 1.56. The van der Waals surface area contributed by atoms with Gasteiger partial charge in [0.2, 0.25) is 0 Å². The summed E-state index contributed by atoms with van der Waals surface area (Å²) in [7, 11) is 0. The van der Waals surface area contributed by atoms with Gasteiger partial charge in [-0.05, 0) is 39.5 Å². The molecule has 0 aromatic carbocycles. The summed E-state index contributed by atoms with van der Waals surface area (Å²) in [5.74, 6) is 0.275. The van der Waals surface area contributed by atoms with Gasteiger partial charge >= 0.3 is 0 Å². The zero-order chi connectivity index (χ0) is 16.0. The molecule has 2 aromatic heterocycles. The molecule has 5 nitrogen and oxygen atoms in total. The number of rotatable bonds is 1. The van der Waals surface area contributed by atoms with Crippen molar-refractivity contribution in [3.05, 3.63) is 32.7 Å². The Morgan fingerprint density at radius 2 is 2.09 bits per heavy atom. The summed E-state index contributed by atoms with van der Waals surface area (Å²) >= 11 is 1.48. The summed E-state index contributed by atoms with van der Waals surface area (Å²) in [4.78, 5) is 33.4. The summed E-state index contributed by atoms with van der Waals surface area (Å²) in [5, 5.41) is 0. The summed E-state index contributed by atoms with van der Waals surface area (Å²) in [6, 6.07) is 0.159. The normalized spacial score (nSPS) is 22.3. The van der Waals surface area contributed by atoms with Crippen molar-refractivity contribution in [3.63, 3.8) is 0 Å². The van der Waals surface area contributed by atoms with Crippen molar-refractivity contribution in [1.82, 2.24) is 14.3 Å². The van der Waals surface area contributed by atoms with Crippen LogP contribution in [0, 0.1) is 19.8 Å². The second-order valence-electron chi connectivity index (χ2n) is 6.20. The molecule has 0 N–H and O–H groups in total. The zero-order valence-corrected chi connectivity index (χ0v) is 14.2. The fraction of sp³-hybridized carbons (Fsp3) is 0.562. The molecule has 0 unspecified atom stereocenters. The largest absolute Gasteiger partial charge is 0.335 e. The molecule has 22 heavy (non-hydrogen) atoms. The summed E-state index contributed by atoms with van der Waals surface area (Å²) in [6.07, 6.45) is 3.57. The third kappa shape index (κ3) is 2.26. The van der Waals surface area contributed by atoms with E-state index < -0.39 is 0 Å². The maximum atomic E-state index is 12.8. The third-order valence-electron chi connectivity index (χ3n) is 4.88. The predicted octanol–water partition coefficient (Wildman–Crippen LogP) is 2.63. The summed E-state index contributed by atoms with van der Waals surface area (Å²) in [6.45, 7) is 8.79. The Kier molecular flexibility index (Phi) is 3.80. The van der Waals surface area contributed by atoms with Crippen LogP contribution in [0.2, 0.25) is 0 Å². The van der Waals surface area contributed by atoms with E-state index in [-0.39, 0.29) is 23.1 Å². The van der Waals surface area contributed by atoms with Crippen LogP contribution in [0.1, 0.15) is 47.6 Å². The standard InChI is InChI=1S/C16H21N3O2S/c1-9-6-5-7-18(10(9)2)14(20)13-8-17-16-19(15(13)21)11(3)12(4)22-16/h8-10H,5-7H2,1-4H3/t9-,10-/m1/s1. The number of thiazole rings is 1. The molecule has 1 aliphatic rings. The van der Waals surface area contributed by atoms with E-state index in [1.54, 1.807) is 4.40 Å². The lowest BCUT2D eigenvalue weighted by atomic mass is 9.91. The van der Waals surface area contributed by atoms with Crippen LogP contribution in [0.25, 0.3) is 4.96 Å². The molecular formula is C16H21N3O2S. The smallest absolute Gasteiger partial charge is 0.271 e. The van der Waals surface area contributed by atoms with E-state index in [1.807, 2.05) is 18.7 Å². The van der Waals surface area contributed by atoms with Crippen LogP contribution in [0.3, 0.4) is 0 Å². The molecule has 0 aliphatic carbocycles. The fourth-order valence-electron chi connectivity index (χ4n) is 3.10. The number of hydrogen-bond donors (Lipinski definition) is 0. The fourth-order valence-corrected chi connectivity index (χ4v) is 4.03. The van der Waals surface area contributed by atoms with Crippen molar-refractivity contribution in [3.8, 4) is 0 Å². The van der Waals surface area contributed by atoms with E-state index in [9.17, 15) is 9.59 Å². The highest BCUT2D eigenvalue weighted by Crippen LogP contribution is 2.24. The highest BCUT2D eigenvalue weighted by Gasteiger charge is 2.30. The van der Waals surface area contributed by atoms with E-state index >= 15 is 0 Å². The molecule has 1 aliphatic heterocycles. The molecule has 0 saturated carbocycles. The van der Waals surface area contributed by atoms with Gasteiger partial charge in [0.05, 0.1) is 0 Å². The number of amides is 1.